The molecule has 0 aliphatic carbocycles. The van der Waals surface area contributed by atoms with Crippen LogP contribution in [0.5, 0.6) is 0 Å². The van der Waals surface area contributed by atoms with Gasteiger partial charge >= 0.3 is 5.91 Å². The molecule has 1 atom stereocenters. The van der Waals surface area contributed by atoms with E-state index in [0.717, 1.165) is 12.8 Å². The lowest BCUT2D eigenvalue weighted by Crippen LogP contribution is -2.45. The zero-order valence-corrected chi connectivity index (χ0v) is 16.8. The van der Waals surface area contributed by atoms with Gasteiger partial charge in [0.2, 0.25) is 5.91 Å². The van der Waals surface area contributed by atoms with Crippen LogP contribution in [-0.4, -0.2) is 31.6 Å². The van der Waals surface area contributed by atoms with E-state index in [1.54, 1.807) is 36.4 Å². The standard InChI is InChI=1S/C23H23ClN2O3/c1-2-21(27)26(20-10-6-9-19(24)15-20)22(18-7-4-3-5-8-18)23(28)25-16-17-11-13-29-14-12-17/h1,3-10,15,17,22H,11-14,16H2,(H,25,28). The molecule has 1 N–H and O–H groups in total. The Hall–Kier alpha value is -2.81. The molecule has 2 aromatic rings. The van der Waals surface area contributed by atoms with Gasteiger partial charge in [-0.25, -0.2) is 0 Å². The summed E-state index contributed by atoms with van der Waals surface area (Å²) >= 11 is 6.13. The Kier molecular flexibility index (Phi) is 7.29. The van der Waals surface area contributed by atoms with Crippen molar-refractivity contribution in [1.29, 1.82) is 0 Å². The van der Waals surface area contributed by atoms with Crippen LogP contribution in [-0.2, 0) is 14.3 Å². The number of nitrogens with zero attached hydrogens (tertiary/aromatic N) is 1. The molecule has 1 fully saturated rings. The number of anilines is 1. The van der Waals surface area contributed by atoms with Crippen LogP contribution in [0, 0.1) is 18.3 Å². The lowest BCUT2D eigenvalue weighted by atomic mass is 9.99. The average Bonchev–Trinajstić information content (AvgIpc) is 2.76. The van der Waals surface area contributed by atoms with E-state index in [1.807, 2.05) is 18.2 Å². The summed E-state index contributed by atoms with van der Waals surface area (Å²) in [7, 11) is 0. The van der Waals surface area contributed by atoms with E-state index in [4.69, 9.17) is 22.8 Å². The largest absolute Gasteiger partial charge is 0.381 e. The number of carbonyl (C=O) groups is 2. The zero-order valence-electron chi connectivity index (χ0n) is 16.0. The van der Waals surface area contributed by atoms with E-state index in [-0.39, 0.29) is 5.91 Å². The molecule has 1 heterocycles. The first-order chi connectivity index (χ1) is 14.1. The van der Waals surface area contributed by atoms with E-state index in [1.165, 1.54) is 4.90 Å². The Balaban J connectivity index is 1.93. The first-order valence-corrected chi connectivity index (χ1v) is 9.93. The number of ether oxygens (including phenoxy) is 1. The molecular formula is C23H23ClN2O3. The third kappa shape index (κ3) is 5.38. The number of carbonyl (C=O) groups excluding carboxylic acids is 2. The van der Waals surface area contributed by atoms with Crippen molar-refractivity contribution in [1.82, 2.24) is 5.32 Å². The van der Waals surface area contributed by atoms with Crippen LogP contribution in [0.15, 0.2) is 54.6 Å². The smallest absolute Gasteiger partial charge is 0.303 e. The first-order valence-electron chi connectivity index (χ1n) is 9.56. The summed E-state index contributed by atoms with van der Waals surface area (Å²) in [6, 6.07) is 15.0. The van der Waals surface area contributed by atoms with Crippen LogP contribution in [0.4, 0.5) is 5.69 Å². The van der Waals surface area contributed by atoms with Gasteiger partial charge in [0.1, 0.15) is 6.04 Å². The fraction of sp³-hybridized carbons (Fsp3) is 0.304. The molecule has 29 heavy (non-hydrogen) atoms. The van der Waals surface area contributed by atoms with Crippen LogP contribution < -0.4 is 10.2 Å². The van der Waals surface area contributed by atoms with Gasteiger partial charge in [-0.2, -0.15) is 0 Å². The van der Waals surface area contributed by atoms with E-state index in [0.29, 0.717) is 41.9 Å². The fourth-order valence-electron chi connectivity index (χ4n) is 3.42. The minimum absolute atomic E-state index is 0.286. The average molecular weight is 411 g/mol. The summed E-state index contributed by atoms with van der Waals surface area (Å²) in [5.74, 6) is 1.60. The fourth-order valence-corrected chi connectivity index (χ4v) is 3.61. The van der Waals surface area contributed by atoms with Crippen molar-refractivity contribution in [3.05, 3.63) is 65.2 Å². The first kappa shape index (κ1) is 20.9. The van der Waals surface area contributed by atoms with Crippen LogP contribution in [0.3, 0.4) is 0 Å². The topological polar surface area (TPSA) is 58.6 Å². The maximum atomic E-state index is 13.3. The molecule has 1 aliphatic heterocycles. The molecule has 1 unspecified atom stereocenters. The Morgan fingerprint density at radius 3 is 2.55 bits per heavy atom. The number of nitrogens with one attached hydrogen (secondary N) is 1. The van der Waals surface area contributed by atoms with Crippen LogP contribution in [0.25, 0.3) is 0 Å². The van der Waals surface area contributed by atoms with E-state index in [2.05, 4.69) is 11.2 Å². The van der Waals surface area contributed by atoms with Gasteiger partial charge in [0.15, 0.2) is 0 Å². The highest BCUT2D eigenvalue weighted by atomic mass is 35.5. The van der Waals surface area contributed by atoms with Crippen molar-refractivity contribution < 1.29 is 14.3 Å². The second-order valence-electron chi connectivity index (χ2n) is 6.91. The van der Waals surface area contributed by atoms with Gasteiger partial charge in [0.25, 0.3) is 0 Å². The number of hydrogen-bond acceptors (Lipinski definition) is 3. The van der Waals surface area contributed by atoms with E-state index in [9.17, 15) is 9.59 Å². The quantitative estimate of drug-likeness (QED) is 0.740. The molecular weight excluding hydrogens is 388 g/mol. The minimum Gasteiger partial charge on any atom is -0.381 e. The lowest BCUT2D eigenvalue weighted by molar-refractivity contribution is -0.125. The van der Waals surface area contributed by atoms with E-state index >= 15 is 0 Å². The monoisotopic (exact) mass is 410 g/mol. The number of benzene rings is 2. The molecule has 2 amide bonds. The SMILES string of the molecule is C#CC(=O)N(c1cccc(Cl)c1)C(C(=O)NCC1CCOCC1)c1ccccc1. The summed E-state index contributed by atoms with van der Waals surface area (Å²) in [5, 5.41) is 3.46. The van der Waals surface area contributed by atoms with Gasteiger partial charge in [0.05, 0.1) is 0 Å². The summed E-state index contributed by atoms with van der Waals surface area (Å²) in [6.07, 6.45) is 7.24. The summed E-state index contributed by atoms with van der Waals surface area (Å²) in [6.45, 7) is 1.93. The van der Waals surface area contributed by atoms with Crippen molar-refractivity contribution in [2.75, 3.05) is 24.7 Å². The Morgan fingerprint density at radius 1 is 1.17 bits per heavy atom. The molecule has 2 aromatic carbocycles. The van der Waals surface area contributed by atoms with Crippen molar-refractivity contribution >= 4 is 29.1 Å². The third-order valence-corrected chi connectivity index (χ3v) is 5.19. The number of rotatable bonds is 6. The van der Waals surface area contributed by atoms with Crippen LogP contribution >= 0.6 is 11.6 Å². The van der Waals surface area contributed by atoms with Gasteiger partial charge in [-0.3, -0.25) is 14.5 Å². The van der Waals surface area contributed by atoms with Crippen LogP contribution in [0.1, 0.15) is 24.4 Å². The molecule has 5 nitrogen and oxygen atoms in total. The maximum Gasteiger partial charge on any atom is 0.303 e. The second-order valence-corrected chi connectivity index (χ2v) is 7.35. The Morgan fingerprint density at radius 2 is 1.90 bits per heavy atom. The van der Waals surface area contributed by atoms with Gasteiger partial charge in [-0.1, -0.05) is 48.0 Å². The highest BCUT2D eigenvalue weighted by Gasteiger charge is 2.32. The van der Waals surface area contributed by atoms with Crippen LogP contribution in [0.2, 0.25) is 5.02 Å². The van der Waals surface area contributed by atoms with Crippen molar-refractivity contribution in [2.24, 2.45) is 5.92 Å². The van der Waals surface area contributed by atoms with Gasteiger partial charge in [0, 0.05) is 30.5 Å². The minimum atomic E-state index is -0.905. The van der Waals surface area contributed by atoms with Gasteiger partial charge in [-0.05, 0) is 48.4 Å². The molecule has 6 heteroatoms. The molecule has 0 spiro atoms. The van der Waals surface area contributed by atoms with E-state index < -0.39 is 11.9 Å². The molecule has 0 saturated carbocycles. The molecule has 1 aliphatic rings. The molecule has 1 saturated heterocycles. The number of hydrogen-bond donors (Lipinski definition) is 1. The van der Waals surface area contributed by atoms with Gasteiger partial charge in [-0.15, -0.1) is 6.42 Å². The molecule has 3 rings (SSSR count). The number of terminal acetylenes is 1. The summed E-state index contributed by atoms with van der Waals surface area (Å²) in [4.78, 5) is 27.3. The van der Waals surface area contributed by atoms with Crippen molar-refractivity contribution in [2.45, 2.75) is 18.9 Å². The Bertz CT molecular complexity index is 888. The normalized spacial score (nSPS) is 15.2. The predicted octanol–water partition coefficient (Wildman–Crippen LogP) is 3.59. The van der Waals surface area contributed by atoms with Crippen molar-refractivity contribution in [3.8, 4) is 12.3 Å². The second kappa shape index (κ2) is 10.1. The Labute approximate surface area is 176 Å². The molecule has 150 valence electrons. The summed E-state index contributed by atoms with van der Waals surface area (Å²) in [5.41, 5.74) is 1.14. The molecule has 0 aromatic heterocycles. The number of amides is 2. The summed E-state index contributed by atoms with van der Waals surface area (Å²) < 4.78 is 5.38. The predicted molar refractivity (Wildman–Crippen MR) is 114 cm³/mol. The third-order valence-electron chi connectivity index (χ3n) is 4.96. The molecule has 0 radical (unpaired) electrons. The lowest BCUT2D eigenvalue weighted by Gasteiger charge is -2.31. The maximum absolute atomic E-state index is 13.3. The number of halogens is 1. The zero-order chi connectivity index (χ0) is 20.6. The van der Waals surface area contributed by atoms with Gasteiger partial charge < -0.3 is 10.1 Å². The highest BCUT2D eigenvalue weighted by Crippen LogP contribution is 2.30. The highest BCUT2D eigenvalue weighted by molar-refractivity contribution is 6.31. The van der Waals surface area contributed by atoms with Crippen molar-refractivity contribution in [3.63, 3.8) is 0 Å². The molecule has 0 bridgehead atoms.